The second-order valence-corrected chi connectivity index (χ2v) is 12.1. The molecule has 3 aromatic carbocycles. The van der Waals surface area contributed by atoms with Crippen LogP contribution in [0.2, 0.25) is 5.02 Å². The molecule has 208 valence electrons. The van der Waals surface area contributed by atoms with E-state index in [1.54, 1.807) is 36.4 Å². The predicted molar refractivity (Wildman–Crippen MR) is 157 cm³/mol. The molecular formula is C30H36ClN3O4S. The van der Waals surface area contributed by atoms with E-state index in [4.69, 9.17) is 11.6 Å². The van der Waals surface area contributed by atoms with Crippen LogP contribution in [0, 0.1) is 6.92 Å². The summed E-state index contributed by atoms with van der Waals surface area (Å²) < 4.78 is 26.8. The average Bonchev–Trinajstić information content (AvgIpc) is 2.89. The Balaban J connectivity index is 2.07. The lowest BCUT2D eigenvalue weighted by Gasteiger charge is -2.34. The Labute approximate surface area is 236 Å². The third kappa shape index (κ3) is 8.57. The molecule has 0 saturated heterocycles. The monoisotopic (exact) mass is 569 g/mol. The van der Waals surface area contributed by atoms with E-state index in [1.807, 2.05) is 63.2 Å². The number of sulfonamides is 1. The van der Waals surface area contributed by atoms with E-state index >= 15 is 0 Å². The summed E-state index contributed by atoms with van der Waals surface area (Å²) in [5.74, 6) is -0.822. The molecule has 0 saturated carbocycles. The van der Waals surface area contributed by atoms with Crippen LogP contribution in [-0.4, -0.2) is 50.0 Å². The van der Waals surface area contributed by atoms with Crippen molar-refractivity contribution in [1.82, 2.24) is 10.2 Å². The van der Waals surface area contributed by atoms with E-state index in [1.165, 1.54) is 4.90 Å². The molecule has 9 heteroatoms. The van der Waals surface area contributed by atoms with Gasteiger partial charge in [-0.05, 0) is 55.2 Å². The minimum Gasteiger partial charge on any atom is -0.352 e. The number of carbonyl (C=O) groups is 2. The molecule has 2 atom stereocenters. The molecular weight excluding hydrogens is 534 g/mol. The zero-order valence-corrected chi connectivity index (χ0v) is 24.4. The van der Waals surface area contributed by atoms with Crippen LogP contribution < -0.4 is 9.62 Å². The summed E-state index contributed by atoms with van der Waals surface area (Å²) in [6.45, 7) is 5.30. The first-order valence-electron chi connectivity index (χ1n) is 12.9. The van der Waals surface area contributed by atoms with Crippen molar-refractivity contribution in [2.45, 2.75) is 52.2 Å². The first-order chi connectivity index (χ1) is 18.5. The highest BCUT2D eigenvalue weighted by atomic mass is 35.5. The van der Waals surface area contributed by atoms with Crippen molar-refractivity contribution < 1.29 is 18.0 Å². The molecule has 0 aromatic heterocycles. The van der Waals surface area contributed by atoms with Crippen molar-refractivity contribution >= 4 is 39.1 Å². The van der Waals surface area contributed by atoms with E-state index < -0.39 is 28.5 Å². The highest BCUT2D eigenvalue weighted by molar-refractivity contribution is 7.92. The van der Waals surface area contributed by atoms with Gasteiger partial charge in [0.1, 0.15) is 12.6 Å². The lowest BCUT2D eigenvalue weighted by molar-refractivity contribution is -0.140. The van der Waals surface area contributed by atoms with Crippen LogP contribution in [0.3, 0.4) is 0 Å². The van der Waals surface area contributed by atoms with Crippen LogP contribution in [0.15, 0.2) is 78.9 Å². The minimum absolute atomic E-state index is 0.0371. The lowest BCUT2D eigenvalue weighted by Crippen LogP contribution is -2.54. The van der Waals surface area contributed by atoms with Gasteiger partial charge < -0.3 is 10.2 Å². The van der Waals surface area contributed by atoms with Gasteiger partial charge in [-0.1, -0.05) is 79.2 Å². The van der Waals surface area contributed by atoms with E-state index in [2.05, 4.69) is 5.32 Å². The maximum atomic E-state index is 14.1. The van der Waals surface area contributed by atoms with Crippen molar-refractivity contribution in [3.63, 3.8) is 0 Å². The summed E-state index contributed by atoms with van der Waals surface area (Å²) in [5.41, 5.74) is 2.77. The molecule has 0 unspecified atom stereocenters. The second-order valence-electron chi connectivity index (χ2n) is 9.75. The highest BCUT2D eigenvalue weighted by Crippen LogP contribution is 2.23. The summed E-state index contributed by atoms with van der Waals surface area (Å²) in [5, 5.41) is 3.46. The van der Waals surface area contributed by atoms with Crippen LogP contribution in [0.5, 0.6) is 0 Å². The largest absolute Gasteiger partial charge is 0.352 e. The SMILES string of the molecule is CC[C@@H](C)NC(=O)[C@H](Cc1ccccc1)N(Cc1ccccc1Cl)C(=O)CN(c1cccc(C)c1)S(C)(=O)=O. The summed E-state index contributed by atoms with van der Waals surface area (Å²) in [6.07, 6.45) is 2.04. The smallest absolute Gasteiger partial charge is 0.244 e. The Morgan fingerprint density at radius 3 is 2.26 bits per heavy atom. The van der Waals surface area contributed by atoms with Gasteiger partial charge in [-0.25, -0.2) is 8.42 Å². The molecule has 0 fully saturated rings. The first kappa shape index (κ1) is 30.2. The van der Waals surface area contributed by atoms with Gasteiger partial charge >= 0.3 is 0 Å². The lowest BCUT2D eigenvalue weighted by atomic mass is 10.0. The van der Waals surface area contributed by atoms with Gasteiger partial charge in [0.2, 0.25) is 21.8 Å². The number of benzene rings is 3. The fourth-order valence-electron chi connectivity index (χ4n) is 4.20. The molecule has 0 aliphatic carbocycles. The normalized spacial score (nSPS) is 12.8. The number of rotatable bonds is 12. The van der Waals surface area contributed by atoms with Crippen molar-refractivity contribution in [2.75, 3.05) is 17.1 Å². The van der Waals surface area contributed by atoms with Crippen molar-refractivity contribution in [1.29, 1.82) is 0 Å². The van der Waals surface area contributed by atoms with E-state index in [0.29, 0.717) is 16.3 Å². The van der Waals surface area contributed by atoms with Crippen LogP contribution in [0.1, 0.15) is 37.0 Å². The van der Waals surface area contributed by atoms with Crippen LogP contribution >= 0.6 is 11.6 Å². The Hall–Kier alpha value is -3.36. The minimum atomic E-state index is -3.81. The molecule has 39 heavy (non-hydrogen) atoms. The quantitative estimate of drug-likeness (QED) is 0.334. The van der Waals surface area contributed by atoms with Gasteiger partial charge in [-0.15, -0.1) is 0 Å². The Morgan fingerprint density at radius 2 is 1.64 bits per heavy atom. The number of halogens is 1. The summed E-state index contributed by atoms with van der Waals surface area (Å²) in [4.78, 5) is 29.2. The topological polar surface area (TPSA) is 86.8 Å². The van der Waals surface area contributed by atoms with Gasteiger partial charge in [0.25, 0.3) is 0 Å². The van der Waals surface area contributed by atoms with Gasteiger partial charge in [-0.3, -0.25) is 13.9 Å². The summed E-state index contributed by atoms with van der Waals surface area (Å²) in [6, 6.07) is 22.5. The third-order valence-electron chi connectivity index (χ3n) is 6.54. The van der Waals surface area contributed by atoms with Crippen molar-refractivity contribution in [3.8, 4) is 0 Å². The maximum Gasteiger partial charge on any atom is 0.244 e. The molecule has 3 rings (SSSR count). The molecule has 3 aromatic rings. The molecule has 0 spiro atoms. The second kappa shape index (κ2) is 13.6. The number of carbonyl (C=O) groups excluding carboxylic acids is 2. The van der Waals surface area contributed by atoms with Crippen LogP contribution in [-0.2, 0) is 32.6 Å². The molecule has 0 aliphatic rings. The highest BCUT2D eigenvalue weighted by Gasteiger charge is 2.33. The molecule has 0 bridgehead atoms. The number of amides is 2. The number of aryl methyl sites for hydroxylation is 1. The number of nitrogens with zero attached hydrogens (tertiary/aromatic N) is 2. The fourth-order valence-corrected chi connectivity index (χ4v) is 5.24. The molecule has 0 aliphatic heterocycles. The third-order valence-corrected chi connectivity index (χ3v) is 8.05. The number of anilines is 1. The standard InChI is InChI=1S/C30H36ClN3O4S/c1-5-23(3)32-30(36)28(19-24-13-7-6-8-14-24)33(20-25-15-9-10-17-27(25)31)29(35)21-34(39(4,37)38)26-16-11-12-22(2)18-26/h6-18,23,28H,5,19-21H2,1-4H3,(H,32,36)/t23-,28+/m1/s1. The zero-order chi connectivity index (χ0) is 28.6. The van der Waals surface area contributed by atoms with Crippen LogP contribution in [0.25, 0.3) is 0 Å². The Bertz CT molecular complexity index is 1380. The van der Waals surface area contributed by atoms with E-state index in [9.17, 15) is 18.0 Å². The summed E-state index contributed by atoms with van der Waals surface area (Å²) in [7, 11) is -3.81. The molecule has 0 heterocycles. The zero-order valence-electron chi connectivity index (χ0n) is 22.8. The fraction of sp³-hybridized carbons (Fsp3) is 0.333. The maximum absolute atomic E-state index is 14.1. The van der Waals surface area contributed by atoms with Crippen molar-refractivity contribution in [3.05, 3.63) is 101 Å². The van der Waals surface area contributed by atoms with Gasteiger partial charge in [-0.2, -0.15) is 0 Å². The van der Waals surface area contributed by atoms with Gasteiger partial charge in [0, 0.05) is 24.0 Å². The number of nitrogens with one attached hydrogen (secondary N) is 1. The Kier molecular flexibility index (Phi) is 10.5. The Morgan fingerprint density at radius 1 is 0.974 bits per heavy atom. The predicted octanol–water partition coefficient (Wildman–Crippen LogP) is 4.97. The number of hydrogen-bond acceptors (Lipinski definition) is 4. The van der Waals surface area contributed by atoms with E-state index in [0.717, 1.165) is 28.1 Å². The van der Waals surface area contributed by atoms with Gasteiger partial charge in [0.05, 0.1) is 11.9 Å². The molecule has 0 radical (unpaired) electrons. The first-order valence-corrected chi connectivity index (χ1v) is 15.1. The number of hydrogen-bond donors (Lipinski definition) is 1. The van der Waals surface area contributed by atoms with Crippen LogP contribution in [0.4, 0.5) is 5.69 Å². The molecule has 2 amide bonds. The summed E-state index contributed by atoms with van der Waals surface area (Å²) >= 11 is 6.47. The van der Waals surface area contributed by atoms with E-state index in [-0.39, 0.29) is 24.9 Å². The molecule has 7 nitrogen and oxygen atoms in total. The molecule has 1 N–H and O–H groups in total. The van der Waals surface area contributed by atoms with Crippen molar-refractivity contribution in [2.24, 2.45) is 0 Å². The van der Waals surface area contributed by atoms with Gasteiger partial charge in [0.15, 0.2) is 0 Å². The average molecular weight is 570 g/mol.